The third-order valence-corrected chi connectivity index (χ3v) is 13.0. The highest BCUT2D eigenvalue weighted by Crippen LogP contribution is 2.66. The summed E-state index contributed by atoms with van der Waals surface area (Å²) in [6.45, 7) is 2.11. The average molecular weight is 735 g/mol. The number of rotatable bonds is 10. The molecule has 4 aromatic carbocycles. The van der Waals surface area contributed by atoms with Gasteiger partial charge in [0.25, 0.3) is 0 Å². The lowest BCUT2D eigenvalue weighted by molar-refractivity contribution is -0.201. The molecule has 1 N–H and O–H groups in total. The minimum Gasteiger partial charge on any atom is -0.493 e. The third-order valence-electron chi connectivity index (χ3n) is 13.0. The van der Waals surface area contributed by atoms with Gasteiger partial charge in [0.15, 0.2) is 11.5 Å². The summed E-state index contributed by atoms with van der Waals surface area (Å²) in [4.78, 5) is 19.2. The zero-order chi connectivity index (χ0) is 37.2. The molecular weight excluding hydrogens is 689 g/mol. The zero-order valence-corrected chi connectivity index (χ0v) is 30.3. The SMILES string of the molecule is COc1ccc2c3c1O[C@H]1[C@H](N(CC(c4ccccc4)c4ccccc4)C(=O)C=Cc4cccc(C(F)(F)F)c4)CC[C@@]4(O)[C@@H](C2)N(CC2CC2)CC[C@]314. The number of methoxy groups -OCH3 is 1. The van der Waals surface area contributed by atoms with Crippen LogP contribution in [0.5, 0.6) is 11.5 Å². The van der Waals surface area contributed by atoms with E-state index in [0.29, 0.717) is 43.2 Å². The lowest BCUT2D eigenvalue weighted by atomic mass is 9.48. The first kappa shape index (κ1) is 35.1. The number of ether oxygens (including phenoxy) is 2. The van der Waals surface area contributed by atoms with Crippen LogP contribution >= 0.6 is 0 Å². The van der Waals surface area contributed by atoms with E-state index in [2.05, 4.69) is 35.2 Å². The lowest BCUT2D eigenvalue weighted by Gasteiger charge is -2.65. The number of aliphatic hydroxyl groups is 1. The molecule has 2 heterocycles. The largest absolute Gasteiger partial charge is 0.493 e. The van der Waals surface area contributed by atoms with Crippen LogP contribution in [0.4, 0.5) is 13.2 Å². The molecule has 0 radical (unpaired) electrons. The molecule has 4 aromatic rings. The molecule has 5 aliphatic rings. The minimum absolute atomic E-state index is 0.0721. The monoisotopic (exact) mass is 734 g/mol. The fraction of sp³-hybridized carbons (Fsp3) is 0.400. The van der Waals surface area contributed by atoms with Crippen molar-refractivity contribution in [3.05, 3.63) is 137 Å². The molecule has 0 unspecified atom stereocenters. The quantitative estimate of drug-likeness (QED) is 0.167. The normalized spacial score (nSPS) is 27.1. The Balaban J connectivity index is 1.15. The van der Waals surface area contributed by atoms with Gasteiger partial charge in [-0.3, -0.25) is 9.69 Å². The molecule has 54 heavy (non-hydrogen) atoms. The van der Waals surface area contributed by atoms with Crippen molar-refractivity contribution in [3.63, 3.8) is 0 Å². The summed E-state index contributed by atoms with van der Waals surface area (Å²) in [5, 5.41) is 13.2. The van der Waals surface area contributed by atoms with Crippen LogP contribution in [0.15, 0.2) is 103 Å². The molecule has 3 aliphatic carbocycles. The number of benzene rings is 4. The van der Waals surface area contributed by atoms with Crippen LogP contribution in [0.2, 0.25) is 0 Å². The Hall–Kier alpha value is -4.60. The summed E-state index contributed by atoms with van der Waals surface area (Å²) in [5.74, 6) is 1.43. The summed E-state index contributed by atoms with van der Waals surface area (Å²) in [7, 11) is 1.63. The standard InChI is InChI=1S/C45H45F3N2O4/c1-53-37-19-18-33-26-38-44(52)22-21-36(42-43(44,40(33)41(37)54-42)23-24-49(38)27-30-15-16-30)50(39(51)20-17-29-9-8-14-34(25-29)45(46,47)48)28-35(31-10-4-2-5-11-31)32-12-6-3-7-13-32/h2-14,17-20,25,30,35-36,38,42,52H,15-16,21-24,26-28H2,1H3/t36-,38-,42+,43+,44-/m1/s1. The van der Waals surface area contributed by atoms with Gasteiger partial charge in [0.05, 0.1) is 29.7 Å². The highest BCUT2D eigenvalue weighted by Gasteiger charge is 2.73. The number of alkyl halides is 3. The van der Waals surface area contributed by atoms with Crippen molar-refractivity contribution in [2.45, 2.75) is 79.8 Å². The number of likely N-dealkylation sites (tertiary alicyclic amines) is 1. The minimum atomic E-state index is -4.50. The maximum atomic E-state index is 14.8. The van der Waals surface area contributed by atoms with E-state index in [4.69, 9.17) is 9.47 Å². The Morgan fingerprint density at radius 1 is 0.981 bits per heavy atom. The number of amides is 1. The number of carbonyl (C=O) groups excluding carboxylic acids is 1. The molecule has 9 heteroatoms. The van der Waals surface area contributed by atoms with Crippen LogP contribution in [0.1, 0.15) is 71.4 Å². The average Bonchev–Trinajstić information content (AvgIpc) is 3.93. The molecule has 2 bridgehead atoms. The number of nitrogens with zero attached hydrogens (tertiary/aromatic N) is 2. The van der Waals surface area contributed by atoms with Gasteiger partial charge in [-0.25, -0.2) is 0 Å². The Morgan fingerprint density at radius 3 is 2.37 bits per heavy atom. The molecule has 5 atom stereocenters. The van der Waals surface area contributed by atoms with E-state index >= 15 is 0 Å². The predicted octanol–water partition coefficient (Wildman–Crippen LogP) is 8.02. The van der Waals surface area contributed by atoms with Crippen molar-refractivity contribution in [2.75, 3.05) is 26.7 Å². The van der Waals surface area contributed by atoms with Crippen molar-refractivity contribution < 1.29 is 32.5 Å². The van der Waals surface area contributed by atoms with E-state index in [1.165, 1.54) is 31.1 Å². The number of piperidine rings is 1. The van der Waals surface area contributed by atoms with E-state index in [9.17, 15) is 23.1 Å². The number of carbonyl (C=O) groups is 1. The topological polar surface area (TPSA) is 62.2 Å². The van der Waals surface area contributed by atoms with E-state index in [0.717, 1.165) is 53.9 Å². The Labute approximate surface area is 314 Å². The summed E-state index contributed by atoms with van der Waals surface area (Å²) in [6.07, 6.45) is 2.67. The van der Waals surface area contributed by atoms with Crippen LogP contribution in [-0.4, -0.2) is 71.3 Å². The Bertz CT molecular complexity index is 2030. The number of hydrogen-bond acceptors (Lipinski definition) is 5. The third kappa shape index (κ3) is 5.73. The van der Waals surface area contributed by atoms with Gasteiger partial charge < -0.3 is 19.5 Å². The second-order valence-corrected chi connectivity index (χ2v) is 15.9. The molecule has 2 aliphatic heterocycles. The maximum absolute atomic E-state index is 14.8. The fourth-order valence-corrected chi connectivity index (χ4v) is 10.4. The van der Waals surface area contributed by atoms with Crippen molar-refractivity contribution in [1.82, 2.24) is 9.80 Å². The van der Waals surface area contributed by atoms with E-state index < -0.39 is 34.9 Å². The van der Waals surface area contributed by atoms with E-state index in [1.54, 1.807) is 13.2 Å². The molecular formula is C45H45F3N2O4. The molecule has 2 saturated carbocycles. The van der Waals surface area contributed by atoms with Crippen LogP contribution in [0, 0.1) is 5.92 Å². The van der Waals surface area contributed by atoms with Gasteiger partial charge in [0, 0.05) is 36.7 Å². The van der Waals surface area contributed by atoms with E-state index in [-0.39, 0.29) is 23.4 Å². The highest BCUT2D eigenvalue weighted by molar-refractivity contribution is 5.92. The van der Waals surface area contributed by atoms with Gasteiger partial charge in [-0.05, 0) is 97.5 Å². The summed E-state index contributed by atoms with van der Waals surface area (Å²) < 4.78 is 53.9. The molecule has 0 aromatic heterocycles. The second-order valence-electron chi connectivity index (χ2n) is 15.9. The predicted molar refractivity (Wildman–Crippen MR) is 200 cm³/mol. The summed E-state index contributed by atoms with van der Waals surface area (Å²) >= 11 is 0. The number of halogens is 3. The van der Waals surface area contributed by atoms with Crippen molar-refractivity contribution >= 4 is 12.0 Å². The van der Waals surface area contributed by atoms with Gasteiger partial charge in [0.2, 0.25) is 5.91 Å². The highest BCUT2D eigenvalue weighted by atomic mass is 19.4. The molecule has 280 valence electrons. The second kappa shape index (κ2) is 13.3. The maximum Gasteiger partial charge on any atom is 0.416 e. The summed E-state index contributed by atoms with van der Waals surface area (Å²) in [6, 6.07) is 28.8. The van der Waals surface area contributed by atoms with Gasteiger partial charge in [-0.15, -0.1) is 0 Å². The van der Waals surface area contributed by atoms with Crippen LogP contribution in [-0.2, 0) is 22.8 Å². The van der Waals surface area contributed by atoms with Gasteiger partial charge in [-0.2, -0.15) is 13.2 Å². The van der Waals surface area contributed by atoms with Crippen molar-refractivity contribution in [1.29, 1.82) is 0 Å². The molecule has 1 amide bonds. The first-order valence-electron chi connectivity index (χ1n) is 19.2. The molecule has 9 rings (SSSR count). The zero-order valence-electron chi connectivity index (χ0n) is 30.3. The first-order valence-corrected chi connectivity index (χ1v) is 19.2. The number of hydrogen-bond donors (Lipinski definition) is 1. The molecule has 1 spiro atoms. The smallest absolute Gasteiger partial charge is 0.416 e. The van der Waals surface area contributed by atoms with Gasteiger partial charge in [-0.1, -0.05) is 78.9 Å². The van der Waals surface area contributed by atoms with E-state index in [1.807, 2.05) is 47.4 Å². The molecule has 6 nitrogen and oxygen atoms in total. The van der Waals surface area contributed by atoms with Crippen LogP contribution in [0.3, 0.4) is 0 Å². The fourth-order valence-electron chi connectivity index (χ4n) is 10.4. The molecule has 1 saturated heterocycles. The first-order chi connectivity index (χ1) is 26.1. The van der Waals surface area contributed by atoms with Crippen LogP contribution < -0.4 is 9.47 Å². The van der Waals surface area contributed by atoms with Crippen LogP contribution in [0.25, 0.3) is 6.08 Å². The Morgan fingerprint density at radius 2 is 1.70 bits per heavy atom. The Kier molecular flexibility index (Phi) is 8.65. The van der Waals surface area contributed by atoms with Gasteiger partial charge >= 0.3 is 6.18 Å². The van der Waals surface area contributed by atoms with Crippen molar-refractivity contribution in [3.8, 4) is 11.5 Å². The summed E-state index contributed by atoms with van der Waals surface area (Å²) in [5.41, 5.74) is 1.94. The lowest BCUT2D eigenvalue weighted by Crippen LogP contribution is -2.78. The van der Waals surface area contributed by atoms with Gasteiger partial charge in [0.1, 0.15) is 6.10 Å². The molecule has 3 fully saturated rings. The van der Waals surface area contributed by atoms with Crippen molar-refractivity contribution in [2.24, 2.45) is 5.92 Å².